The van der Waals surface area contributed by atoms with Gasteiger partial charge in [-0.25, -0.2) is 0 Å². The third kappa shape index (κ3) is 3.07. The lowest BCUT2D eigenvalue weighted by Crippen LogP contribution is -2.32. The molecule has 0 saturated carbocycles. The standard InChI is InChI=1S/C14H22N2O2/c1-3-17-13-6-4-5-12(14(13)15)16-11-7-8-18-10(2)9-11/h4-6,10-11,16H,3,7-9,15H2,1-2H3. The zero-order valence-corrected chi connectivity index (χ0v) is 11.1. The average molecular weight is 250 g/mol. The van der Waals surface area contributed by atoms with E-state index in [2.05, 4.69) is 12.2 Å². The molecule has 2 unspecified atom stereocenters. The van der Waals surface area contributed by atoms with Crippen molar-refractivity contribution in [2.75, 3.05) is 24.3 Å². The monoisotopic (exact) mass is 250 g/mol. The highest BCUT2D eigenvalue weighted by atomic mass is 16.5. The Kier molecular flexibility index (Phi) is 4.31. The van der Waals surface area contributed by atoms with E-state index in [1.54, 1.807) is 0 Å². The number of rotatable bonds is 4. The topological polar surface area (TPSA) is 56.5 Å². The molecule has 0 aromatic heterocycles. The summed E-state index contributed by atoms with van der Waals surface area (Å²) in [7, 11) is 0. The molecule has 4 nitrogen and oxygen atoms in total. The Balaban J connectivity index is 2.06. The van der Waals surface area contributed by atoms with E-state index in [4.69, 9.17) is 15.2 Å². The minimum Gasteiger partial charge on any atom is -0.492 e. The molecule has 0 bridgehead atoms. The van der Waals surface area contributed by atoms with Crippen LogP contribution in [-0.2, 0) is 4.74 Å². The van der Waals surface area contributed by atoms with Crippen molar-refractivity contribution in [2.45, 2.75) is 38.8 Å². The van der Waals surface area contributed by atoms with E-state index >= 15 is 0 Å². The van der Waals surface area contributed by atoms with Gasteiger partial charge in [-0.05, 0) is 38.8 Å². The van der Waals surface area contributed by atoms with Crippen molar-refractivity contribution in [3.8, 4) is 5.75 Å². The number of hydrogen-bond donors (Lipinski definition) is 2. The number of nitrogens with two attached hydrogens (primary N) is 1. The molecule has 0 amide bonds. The van der Waals surface area contributed by atoms with Crippen LogP contribution in [0.3, 0.4) is 0 Å². The van der Waals surface area contributed by atoms with Crippen LogP contribution in [0.1, 0.15) is 26.7 Å². The summed E-state index contributed by atoms with van der Waals surface area (Å²) < 4.78 is 11.0. The third-order valence-electron chi connectivity index (χ3n) is 3.21. The van der Waals surface area contributed by atoms with E-state index in [1.165, 1.54) is 0 Å². The number of anilines is 2. The zero-order valence-electron chi connectivity index (χ0n) is 11.1. The number of hydrogen-bond acceptors (Lipinski definition) is 4. The molecule has 18 heavy (non-hydrogen) atoms. The van der Waals surface area contributed by atoms with Crippen LogP contribution in [0.2, 0.25) is 0 Å². The molecule has 1 aliphatic heterocycles. The van der Waals surface area contributed by atoms with Gasteiger partial charge in [-0.15, -0.1) is 0 Å². The number of ether oxygens (including phenoxy) is 2. The molecule has 1 fully saturated rings. The van der Waals surface area contributed by atoms with Gasteiger partial charge in [0.15, 0.2) is 0 Å². The highest BCUT2D eigenvalue weighted by Gasteiger charge is 2.20. The summed E-state index contributed by atoms with van der Waals surface area (Å²) in [5.41, 5.74) is 7.75. The maximum absolute atomic E-state index is 6.10. The van der Waals surface area contributed by atoms with Crippen molar-refractivity contribution in [3.63, 3.8) is 0 Å². The summed E-state index contributed by atoms with van der Waals surface area (Å²) in [4.78, 5) is 0. The minimum atomic E-state index is 0.313. The average Bonchev–Trinajstić information content (AvgIpc) is 2.35. The van der Waals surface area contributed by atoms with Gasteiger partial charge in [0.25, 0.3) is 0 Å². The largest absolute Gasteiger partial charge is 0.492 e. The van der Waals surface area contributed by atoms with E-state index in [1.807, 2.05) is 25.1 Å². The number of benzene rings is 1. The second-order valence-electron chi connectivity index (χ2n) is 4.70. The molecular weight excluding hydrogens is 228 g/mol. The molecule has 2 rings (SSSR count). The lowest BCUT2D eigenvalue weighted by molar-refractivity contribution is 0.0232. The molecule has 1 heterocycles. The summed E-state index contributed by atoms with van der Waals surface area (Å²) >= 11 is 0. The molecule has 1 aromatic carbocycles. The predicted octanol–water partition coefficient (Wildman–Crippen LogP) is 2.65. The van der Waals surface area contributed by atoms with Gasteiger partial charge in [-0.3, -0.25) is 0 Å². The first-order chi connectivity index (χ1) is 8.70. The van der Waals surface area contributed by atoms with Gasteiger partial charge in [0.05, 0.1) is 24.1 Å². The Morgan fingerprint density at radius 2 is 2.33 bits per heavy atom. The normalized spacial score (nSPS) is 23.7. The summed E-state index contributed by atoms with van der Waals surface area (Å²) in [6.45, 7) is 5.50. The third-order valence-corrected chi connectivity index (χ3v) is 3.21. The second kappa shape index (κ2) is 5.96. The van der Waals surface area contributed by atoms with Crippen LogP contribution >= 0.6 is 0 Å². The molecule has 0 spiro atoms. The van der Waals surface area contributed by atoms with E-state index in [9.17, 15) is 0 Å². The van der Waals surface area contributed by atoms with Gasteiger partial charge in [-0.1, -0.05) is 6.07 Å². The minimum absolute atomic E-state index is 0.313. The van der Waals surface area contributed by atoms with Crippen LogP contribution in [0, 0.1) is 0 Å². The summed E-state index contributed by atoms with van der Waals surface area (Å²) in [6, 6.07) is 6.29. The predicted molar refractivity (Wildman–Crippen MR) is 74.1 cm³/mol. The number of nitrogen functional groups attached to an aromatic ring is 1. The van der Waals surface area contributed by atoms with E-state index in [0.29, 0.717) is 24.4 Å². The Labute approximate surface area is 108 Å². The summed E-state index contributed by atoms with van der Waals surface area (Å²) in [5, 5.41) is 3.49. The Morgan fingerprint density at radius 3 is 3.06 bits per heavy atom. The van der Waals surface area contributed by atoms with Crippen molar-refractivity contribution in [3.05, 3.63) is 18.2 Å². The molecule has 4 heteroatoms. The van der Waals surface area contributed by atoms with E-state index < -0.39 is 0 Å². The fraction of sp³-hybridized carbons (Fsp3) is 0.571. The van der Waals surface area contributed by atoms with Gasteiger partial charge in [0.1, 0.15) is 5.75 Å². The number of para-hydroxylation sites is 1. The van der Waals surface area contributed by atoms with Gasteiger partial charge < -0.3 is 20.5 Å². The molecule has 1 aromatic rings. The Hall–Kier alpha value is -1.42. The lowest BCUT2D eigenvalue weighted by atomic mass is 10.0. The van der Waals surface area contributed by atoms with Gasteiger partial charge >= 0.3 is 0 Å². The SMILES string of the molecule is CCOc1cccc(NC2CCOC(C)C2)c1N. The van der Waals surface area contributed by atoms with Crippen molar-refractivity contribution in [1.82, 2.24) is 0 Å². The van der Waals surface area contributed by atoms with Crippen LogP contribution in [0.5, 0.6) is 5.75 Å². The Morgan fingerprint density at radius 1 is 1.50 bits per heavy atom. The first-order valence-electron chi connectivity index (χ1n) is 6.60. The Bertz CT molecular complexity index is 395. The van der Waals surface area contributed by atoms with Crippen molar-refractivity contribution in [1.29, 1.82) is 0 Å². The zero-order chi connectivity index (χ0) is 13.0. The molecule has 0 aliphatic carbocycles. The number of nitrogens with one attached hydrogen (secondary N) is 1. The maximum atomic E-state index is 6.10. The summed E-state index contributed by atoms with van der Waals surface area (Å²) in [5.74, 6) is 0.752. The molecule has 3 N–H and O–H groups in total. The summed E-state index contributed by atoms with van der Waals surface area (Å²) in [6.07, 6.45) is 2.34. The first-order valence-corrected chi connectivity index (χ1v) is 6.60. The molecule has 2 atom stereocenters. The second-order valence-corrected chi connectivity index (χ2v) is 4.70. The van der Waals surface area contributed by atoms with Crippen molar-refractivity contribution in [2.24, 2.45) is 0 Å². The molecule has 0 radical (unpaired) electrons. The van der Waals surface area contributed by atoms with E-state index in [0.717, 1.165) is 30.9 Å². The van der Waals surface area contributed by atoms with Crippen molar-refractivity contribution < 1.29 is 9.47 Å². The van der Waals surface area contributed by atoms with Gasteiger partial charge in [0, 0.05) is 12.6 Å². The molecule has 1 aliphatic rings. The molecule has 1 saturated heterocycles. The van der Waals surface area contributed by atoms with Crippen LogP contribution in [0.15, 0.2) is 18.2 Å². The smallest absolute Gasteiger partial charge is 0.144 e. The quantitative estimate of drug-likeness (QED) is 0.807. The fourth-order valence-corrected chi connectivity index (χ4v) is 2.30. The van der Waals surface area contributed by atoms with Crippen LogP contribution in [0.4, 0.5) is 11.4 Å². The fourth-order valence-electron chi connectivity index (χ4n) is 2.30. The van der Waals surface area contributed by atoms with Crippen LogP contribution in [-0.4, -0.2) is 25.4 Å². The van der Waals surface area contributed by atoms with Gasteiger partial charge in [-0.2, -0.15) is 0 Å². The lowest BCUT2D eigenvalue weighted by Gasteiger charge is -2.29. The molecular formula is C14H22N2O2. The highest BCUT2D eigenvalue weighted by molar-refractivity contribution is 5.73. The first kappa shape index (κ1) is 13.0. The van der Waals surface area contributed by atoms with Crippen molar-refractivity contribution >= 4 is 11.4 Å². The highest BCUT2D eigenvalue weighted by Crippen LogP contribution is 2.31. The van der Waals surface area contributed by atoms with Gasteiger partial charge in [0.2, 0.25) is 0 Å². The van der Waals surface area contributed by atoms with Crippen LogP contribution in [0.25, 0.3) is 0 Å². The van der Waals surface area contributed by atoms with Crippen LogP contribution < -0.4 is 15.8 Å². The maximum Gasteiger partial charge on any atom is 0.144 e. The molecule has 100 valence electrons. The van der Waals surface area contributed by atoms with E-state index in [-0.39, 0.29) is 0 Å².